The zero-order chi connectivity index (χ0) is 16.1. The maximum atomic E-state index is 9.43. The molecule has 0 bridgehead atoms. The monoisotopic (exact) mass is 301 g/mol. The summed E-state index contributed by atoms with van der Waals surface area (Å²) in [5.74, 6) is 1.81. The second-order valence-corrected chi connectivity index (χ2v) is 4.61. The fourth-order valence-electron chi connectivity index (χ4n) is 2.07. The van der Waals surface area contributed by atoms with Crippen LogP contribution in [0.15, 0.2) is 30.3 Å². The van der Waals surface area contributed by atoms with E-state index in [1.54, 1.807) is 39.5 Å². The standard InChI is InChI=1S/C17H19NO4/c1-20-15-9-12(10-16(21-2)17(15)22-3)5-4-11-6-7-14(19)13(18)8-11/h4-10,19H,18H2,1-3H3/b5-4+. The van der Waals surface area contributed by atoms with Gasteiger partial charge in [0.25, 0.3) is 0 Å². The van der Waals surface area contributed by atoms with Crippen LogP contribution in [0.25, 0.3) is 12.2 Å². The molecule has 0 aliphatic carbocycles. The minimum Gasteiger partial charge on any atom is -0.506 e. The van der Waals surface area contributed by atoms with E-state index in [-0.39, 0.29) is 5.75 Å². The Balaban J connectivity index is 2.36. The number of phenolic OH excluding ortho intramolecular Hbond substituents is 1. The summed E-state index contributed by atoms with van der Waals surface area (Å²) in [6.45, 7) is 0. The Hall–Kier alpha value is -2.82. The number of rotatable bonds is 5. The lowest BCUT2D eigenvalue weighted by atomic mass is 10.1. The maximum Gasteiger partial charge on any atom is 0.203 e. The van der Waals surface area contributed by atoms with Crippen molar-refractivity contribution in [2.24, 2.45) is 0 Å². The van der Waals surface area contributed by atoms with E-state index in [1.807, 2.05) is 24.3 Å². The number of hydrogen-bond acceptors (Lipinski definition) is 5. The normalized spacial score (nSPS) is 10.7. The molecule has 5 heteroatoms. The molecule has 0 amide bonds. The van der Waals surface area contributed by atoms with Crippen LogP contribution in [-0.2, 0) is 0 Å². The van der Waals surface area contributed by atoms with Crippen molar-refractivity contribution in [1.29, 1.82) is 0 Å². The van der Waals surface area contributed by atoms with Gasteiger partial charge in [0.05, 0.1) is 27.0 Å². The van der Waals surface area contributed by atoms with Gasteiger partial charge in [-0.15, -0.1) is 0 Å². The van der Waals surface area contributed by atoms with Crippen molar-refractivity contribution in [2.75, 3.05) is 27.1 Å². The van der Waals surface area contributed by atoms with E-state index in [0.717, 1.165) is 11.1 Å². The molecule has 2 rings (SSSR count). The Kier molecular flexibility index (Phi) is 4.78. The summed E-state index contributed by atoms with van der Waals surface area (Å²) in [5.41, 5.74) is 7.79. The lowest BCUT2D eigenvalue weighted by Gasteiger charge is -2.12. The second-order valence-electron chi connectivity index (χ2n) is 4.61. The maximum absolute atomic E-state index is 9.43. The molecule has 5 nitrogen and oxygen atoms in total. The zero-order valence-electron chi connectivity index (χ0n) is 12.8. The van der Waals surface area contributed by atoms with Gasteiger partial charge in [0, 0.05) is 0 Å². The average molecular weight is 301 g/mol. The minimum absolute atomic E-state index is 0.0740. The number of aromatic hydroxyl groups is 1. The van der Waals surface area contributed by atoms with Crippen LogP contribution in [0.4, 0.5) is 5.69 Å². The van der Waals surface area contributed by atoms with Crippen LogP contribution in [0.1, 0.15) is 11.1 Å². The predicted octanol–water partition coefficient (Wildman–Crippen LogP) is 3.17. The Morgan fingerprint density at radius 3 is 1.95 bits per heavy atom. The van der Waals surface area contributed by atoms with Crippen LogP contribution in [-0.4, -0.2) is 26.4 Å². The van der Waals surface area contributed by atoms with Crippen molar-refractivity contribution in [1.82, 2.24) is 0 Å². The molecule has 2 aromatic rings. The smallest absolute Gasteiger partial charge is 0.203 e. The predicted molar refractivity (Wildman–Crippen MR) is 87.5 cm³/mol. The van der Waals surface area contributed by atoms with Crippen LogP contribution in [0.5, 0.6) is 23.0 Å². The molecular weight excluding hydrogens is 282 g/mol. The first-order valence-corrected chi connectivity index (χ1v) is 6.65. The number of nitrogens with two attached hydrogens (primary N) is 1. The van der Waals surface area contributed by atoms with E-state index in [4.69, 9.17) is 19.9 Å². The number of benzene rings is 2. The van der Waals surface area contributed by atoms with Gasteiger partial charge in [-0.2, -0.15) is 0 Å². The highest BCUT2D eigenvalue weighted by Crippen LogP contribution is 2.38. The van der Waals surface area contributed by atoms with Crippen molar-refractivity contribution in [3.8, 4) is 23.0 Å². The lowest BCUT2D eigenvalue weighted by Crippen LogP contribution is -1.95. The number of ether oxygens (including phenoxy) is 3. The van der Waals surface area contributed by atoms with E-state index in [0.29, 0.717) is 22.9 Å². The van der Waals surface area contributed by atoms with E-state index in [9.17, 15) is 5.11 Å². The van der Waals surface area contributed by atoms with Gasteiger partial charge in [0.1, 0.15) is 5.75 Å². The van der Waals surface area contributed by atoms with Crippen LogP contribution in [0, 0.1) is 0 Å². The highest BCUT2D eigenvalue weighted by Gasteiger charge is 2.11. The first kappa shape index (κ1) is 15.6. The van der Waals surface area contributed by atoms with Gasteiger partial charge >= 0.3 is 0 Å². The minimum atomic E-state index is 0.0740. The summed E-state index contributed by atoms with van der Waals surface area (Å²) in [4.78, 5) is 0. The Labute approximate surface area is 129 Å². The molecule has 0 spiro atoms. The van der Waals surface area contributed by atoms with Gasteiger partial charge < -0.3 is 25.1 Å². The molecule has 0 aliphatic rings. The van der Waals surface area contributed by atoms with E-state index < -0.39 is 0 Å². The molecule has 0 aromatic heterocycles. The number of phenols is 1. The third-order valence-corrected chi connectivity index (χ3v) is 3.21. The summed E-state index contributed by atoms with van der Waals surface area (Å²) in [5, 5.41) is 9.43. The van der Waals surface area contributed by atoms with Gasteiger partial charge in [-0.25, -0.2) is 0 Å². The summed E-state index contributed by atoms with van der Waals surface area (Å²) in [6, 6.07) is 8.73. The number of methoxy groups -OCH3 is 3. The number of nitrogen functional groups attached to an aromatic ring is 1. The van der Waals surface area contributed by atoms with Gasteiger partial charge in [0.15, 0.2) is 11.5 Å². The fourth-order valence-corrected chi connectivity index (χ4v) is 2.07. The van der Waals surface area contributed by atoms with Crippen LogP contribution < -0.4 is 19.9 Å². The summed E-state index contributed by atoms with van der Waals surface area (Å²) < 4.78 is 15.9. The Morgan fingerprint density at radius 2 is 1.45 bits per heavy atom. The van der Waals surface area contributed by atoms with E-state index in [2.05, 4.69) is 0 Å². The Bertz CT molecular complexity index is 670. The van der Waals surface area contributed by atoms with Gasteiger partial charge in [0.2, 0.25) is 5.75 Å². The Morgan fingerprint density at radius 1 is 0.864 bits per heavy atom. The lowest BCUT2D eigenvalue weighted by molar-refractivity contribution is 0.324. The van der Waals surface area contributed by atoms with Gasteiger partial charge in [-0.3, -0.25) is 0 Å². The van der Waals surface area contributed by atoms with Crippen molar-refractivity contribution in [3.63, 3.8) is 0 Å². The van der Waals surface area contributed by atoms with E-state index in [1.165, 1.54) is 0 Å². The summed E-state index contributed by atoms with van der Waals surface area (Å²) in [6.07, 6.45) is 3.78. The molecule has 0 aliphatic heterocycles. The second kappa shape index (κ2) is 6.76. The molecule has 0 heterocycles. The number of anilines is 1. The van der Waals surface area contributed by atoms with Crippen LogP contribution in [0.3, 0.4) is 0 Å². The third-order valence-electron chi connectivity index (χ3n) is 3.21. The largest absolute Gasteiger partial charge is 0.506 e. The molecule has 0 fully saturated rings. The van der Waals surface area contributed by atoms with Crippen molar-refractivity contribution in [2.45, 2.75) is 0 Å². The molecule has 22 heavy (non-hydrogen) atoms. The molecule has 0 saturated carbocycles. The molecule has 0 radical (unpaired) electrons. The molecule has 2 aromatic carbocycles. The van der Waals surface area contributed by atoms with Gasteiger partial charge in [-0.1, -0.05) is 18.2 Å². The zero-order valence-corrected chi connectivity index (χ0v) is 12.8. The van der Waals surface area contributed by atoms with Crippen molar-refractivity contribution >= 4 is 17.8 Å². The van der Waals surface area contributed by atoms with Crippen molar-refractivity contribution < 1.29 is 19.3 Å². The van der Waals surface area contributed by atoms with Crippen LogP contribution in [0.2, 0.25) is 0 Å². The van der Waals surface area contributed by atoms with Gasteiger partial charge in [-0.05, 0) is 35.4 Å². The van der Waals surface area contributed by atoms with Crippen molar-refractivity contribution in [3.05, 3.63) is 41.5 Å². The van der Waals surface area contributed by atoms with Crippen LogP contribution >= 0.6 is 0 Å². The first-order valence-electron chi connectivity index (χ1n) is 6.65. The molecule has 0 unspecified atom stereocenters. The molecular formula is C17H19NO4. The fraction of sp³-hybridized carbons (Fsp3) is 0.176. The molecule has 0 saturated heterocycles. The summed E-state index contributed by atoms with van der Waals surface area (Å²) >= 11 is 0. The first-order chi connectivity index (χ1) is 10.6. The SMILES string of the molecule is COc1cc(/C=C/c2ccc(O)c(N)c2)cc(OC)c1OC. The van der Waals surface area contributed by atoms with E-state index >= 15 is 0 Å². The highest BCUT2D eigenvalue weighted by molar-refractivity contribution is 5.74. The average Bonchev–Trinajstić information content (AvgIpc) is 2.54. The number of hydrogen-bond donors (Lipinski definition) is 2. The topological polar surface area (TPSA) is 73.9 Å². The quantitative estimate of drug-likeness (QED) is 0.504. The third kappa shape index (κ3) is 3.25. The molecule has 0 atom stereocenters. The molecule has 3 N–H and O–H groups in total. The summed E-state index contributed by atoms with van der Waals surface area (Å²) in [7, 11) is 4.71. The highest BCUT2D eigenvalue weighted by atomic mass is 16.5. The molecule has 116 valence electrons.